The molecular weight excluding hydrogens is 156 g/mol. The molecule has 12 heavy (non-hydrogen) atoms. The summed E-state index contributed by atoms with van der Waals surface area (Å²) >= 11 is 0. The van der Waals surface area contributed by atoms with Crippen molar-refractivity contribution in [3.63, 3.8) is 0 Å². The highest BCUT2D eigenvalue weighted by Gasteiger charge is 2.15. The molecule has 0 bridgehead atoms. The lowest BCUT2D eigenvalue weighted by atomic mass is 10.3. The number of nitrogens with zero attached hydrogens (tertiary/aromatic N) is 1. The Morgan fingerprint density at radius 1 is 1.75 bits per heavy atom. The fourth-order valence-electron chi connectivity index (χ4n) is 1.09. The maximum atomic E-state index is 10.9. The Hall–Kier alpha value is -1.58. The van der Waals surface area contributed by atoms with Crippen molar-refractivity contribution in [2.24, 2.45) is 0 Å². The molecule has 0 saturated heterocycles. The summed E-state index contributed by atoms with van der Waals surface area (Å²) < 4.78 is 5.12. The third-order valence-electron chi connectivity index (χ3n) is 1.64. The second kappa shape index (κ2) is 2.48. The molecular formula is C8H10N2O2. The van der Waals surface area contributed by atoms with E-state index in [1.807, 2.05) is 6.92 Å². The molecule has 1 amide bonds. The van der Waals surface area contributed by atoms with Crippen LogP contribution in [0.25, 0.3) is 0 Å². The summed E-state index contributed by atoms with van der Waals surface area (Å²) in [5.74, 6) is 0.522. The Bertz CT molecular complexity index is 341. The first-order valence-corrected chi connectivity index (χ1v) is 3.65. The van der Waals surface area contributed by atoms with Crippen LogP contribution in [0, 0.1) is 6.92 Å². The number of carbonyl (C=O) groups is 1. The second-order valence-electron chi connectivity index (χ2n) is 2.66. The minimum absolute atomic E-state index is 0. The monoisotopic (exact) mass is 166 g/mol. The predicted octanol–water partition coefficient (Wildman–Crippen LogP) is 0.967. The number of ether oxygens (including phenoxy) is 1. The number of aromatic nitrogens is 1. The van der Waals surface area contributed by atoms with E-state index in [-0.39, 0.29) is 13.9 Å². The summed E-state index contributed by atoms with van der Waals surface area (Å²) in [5.41, 5.74) is 1.57. The van der Waals surface area contributed by atoms with Crippen molar-refractivity contribution in [2.75, 3.05) is 11.9 Å². The molecule has 1 aliphatic rings. The van der Waals surface area contributed by atoms with Gasteiger partial charge in [-0.15, -0.1) is 0 Å². The van der Waals surface area contributed by atoms with Gasteiger partial charge in [-0.2, -0.15) is 0 Å². The molecule has 0 aliphatic carbocycles. The highest BCUT2D eigenvalue weighted by Crippen LogP contribution is 2.26. The SMILES string of the molecule is Cc1cc2c(cn1)OCC(=O)N2.[HH]. The minimum Gasteiger partial charge on any atom is -0.480 e. The topological polar surface area (TPSA) is 51.2 Å². The molecule has 0 saturated carbocycles. The Labute approximate surface area is 71.0 Å². The number of aryl methyl sites for hydroxylation is 1. The van der Waals surface area contributed by atoms with Crippen molar-refractivity contribution < 1.29 is 11.0 Å². The largest absolute Gasteiger partial charge is 0.480 e. The van der Waals surface area contributed by atoms with Crippen molar-refractivity contribution in [2.45, 2.75) is 6.92 Å². The van der Waals surface area contributed by atoms with Gasteiger partial charge in [-0.1, -0.05) is 0 Å². The number of hydrogen-bond donors (Lipinski definition) is 1. The molecule has 4 nitrogen and oxygen atoms in total. The predicted molar refractivity (Wildman–Crippen MR) is 45.2 cm³/mol. The van der Waals surface area contributed by atoms with Gasteiger partial charge in [-0.05, 0) is 13.0 Å². The third kappa shape index (κ3) is 1.11. The highest BCUT2D eigenvalue weighted by molar-refractivity contribution is 5.95. The number of fused-ring (bicyclic) bond motifs is 1. The van der Waals surface area contributed by atoms with Crippen molar-refractivity contribution in [1.29, 1.82) is 0 Å². The average Bonchev–Trinajstić information content (AvgIpc) is 2.03. The van der Waals surface area contributed by atoms with Gasteiger partial charge < -0.3 is 10.1 Å². The van der Waals surface area contributed by atoms with E-state index in [2.05, 4.69) is 10.3 Å². The van der Waals surface area contributed by atoms with E-state index in [4.69, 9.17) is 4.74 Å². The summed E-state index contributed by atoms with van der Waals surface area (Å²) in [4.78, 5) is 14.9. The van der Waals surface area contributed by atoms with Gasteiger partial charge in [0, 0.05) is 7.12 Å². The number of hydrogen-bond acceptors (Lipinski definition) is 3. The molecule has 1 aromatic heterocycles. The van der Waals surface area contributed by atoms with Crippen LogP contribution in [0.4, 0.5) is 5.69 Å². The standard InChI is InChI=1S/C8H8N2O2.H2/c1-5-2-6-7(3-9-5)12-4-8(11)10-6;/h2-3H,4H2,1H3,(H,10,11);1H. The number of nitrogens with one attached hydrogen (secondary N) is 1. The lowest BCUT2D eigenvalue weighted by Crippen LogP contribution is -2.25. The molecule has 1 aliphatic heterocycles. The molecule has 0 unspecified atom stereocenters. The van der Waals surface area contributed by atoms with Gasteiger partial charge in [-0.25, -0.2) is 0 Å². The number of carbonyl (C=O) groups excluding carboxylic acids is 1. The molecule has 0 fully saturated rings. The molecule has 0 aromatic carbocycles. The first-order valence-electron chi connectivity index (χ1n) is 3.65. The molecule has 4 heteroatoms. The quantitative estimate of drug-likeness (QED) is 0.624. The molecule has 2 rings (SSSR count). The Morgan fingerprint density at radius 2 is 2.58 bits per heavy atom. The smallest absolute Gasteiger partial charge is 0.262 e. The average molecular weight is 166 g/mol. The Morgan fingerprint density at radius 3 is 3.42 bits per heavy atom. The van der Waals surface area contributed by atoms with Gasteiger partial charge in [0.05, 0.1) is 11.9 Å². The van der Waals surface area contributed by atoms with Crippen molar-refractivity contribution in [1.82, 2.24) is 4.98 Å². The first kappa shape index (κ1) is 7.09. The summed E-state index contributed by atoms with van der Waals surface area (Å²) in [6, 6.07) is 1.78. The summed E-state index contributed by atoms with van der Waals surface area (Å²) in [7, 11) is 0. The van der Waals surface area contributed by atoms with E-state index in [9.17, 15) is 4.79 Å². The van der Waals surface area contributed by atoms with Crippen molar-refractivity contribution >= 4 is 11.6 Å². The van der Waals surface area contributed by atoms with Crippen LogP contribution in [0.15, 0.2) is 12.3 Å². The van der Waals surface area contributed by atoms with Crippen LogP contribution in [0.3, 0.4) is 0 Å². The summed E-state index contributed by atoms with van der Waals surface area (Å²) in [6.07, 6.45) is 1.62. The third-order valence-corrected chi connectivity index (χ3v) is 1.64. The van der Waals surface area contributed by atoms with E-state index in [1.165, 1.54) is 0 Å². The molecule has 0 radical (unpaired) electrons. The lowest BCUT2D eigenvalue weighted by Gasteiger charge is -2.17. The van der Waals surface area contributed by atoms with Crippen LogP contribution in [0.5, 0.6) is 5.75 Å². The van der Waals surface area contributed by atoms with Gasteiger partial charge in [0.25, 0.3) is 5.91 Å². The number of pyridine rings is 1. The fourth-order valence-corrected chi connectivity index (χ4v) is 1.09. The van der Waals surface area contributed by atoms with Crippen LogP contribution in [-0.4, -0.2) is 17.5 Å². The Balaban J connectivity index is 0.000000845. The summed E-state index contributed by atoms with van der Waals surface area (Å²) in [5, 5.41) is 2.70. The van der Waals surface area contributed by atoms with Crippen LogP contribution >= 0.6 is 0 Å². The van der Waals surface area contributed by atoms with E-state index in [0.717, 1.165) is 5.69 Å². The molecule has 64 valence electrons. The van der Waals surface area contributed by atoms with Gasteiger partial charge in [0.15, 0.2) is 12.4 Å². The molecule has 0 spiro atoms. The Kier molecular flexibility index (Phi) is 1.46. The fraction of sp³-hybridized carbons (Fsp3) is 0.250. The maximum Gasteiger partial charge on any atom is 0.262 e. The lowest BCUT2D eigenvalue weighted by molar-refractivity contribution is -0.118. The van der Waals surface area contributed by atoms with Crippen LogP contribution in [0.2, 0.25) is 0 Å². The van der Waals surface area contributed by atoms with Crippen molar-refractivity contribution in [3.8, 4) is 5.75 Å². The van der Waals surface area contributed by atoms with Gasteiger partial charge in [0.2, 0.25) is 0 Å². The molecule has 0 atom stereocenters. The zero-order valence-corrected chi connectivity index (χ0v) is 6.63. The maximum absolute atomic E-state index is 10.9. The van der Waals surface area contributed by atoms with Gasteiger partial charge in [0.1, 0.15) is 0 Å². The van der Waals surface area contributed by atoms with E-state index in [1.54, 1.807) is 12.3 Å². The number of anilines is 1. The van der Waals surface area contributed by atoms with E-state index < -0.39 is 0 Å². The highest BCUT2D eigenvalue weighted by atomic mass is 16.5. The molecule has 1 aromatic rings. The number of rotatable bonds is 0. The van der Waals surface area contributed by atoms with Crippen molar-refractivity contribution in [3.05, 3.63) is 18.0 Å². The molecule has 2 heterocycles. The summed E-state index contributed by atoms with van der Waals surface area (Å²) in [6.45, 7) is 1.94. The number of amides is 1. The van der Waals surface area contributed by atoms with Crippen LogP contribution < -0.4 is 10.1 Å². The first-order chi connectivity index (χ1) is 5.75. The minimum atomic E-state index is -0.117. The second-order valence-corrected chi connectivity index (χ2v) is 2.66. The van der Waals surface area contributed by atoms with E-state index in [0.29, 0.717) is 11.4 Å². The zero-order chi connectivity index (χ0) is 8.55. The molecule has 1 N–H and O–H groups in total. The van der Waals surface area contributed by atoms with Crippen LogP contribution in [0.1, 0.15) is 7.12 Å². The van der Waals surface area contributed by atoms with Crippen LogP contribution in [-0.2, 0) is 4.79 Å². The van der Waals surface area contributed by atoms with Gasteiger partial charge in [-0.3, -0.25) is 9.78 Å². The van der Waals surface area contributed by atoms with Gasteiger partial charge >= 0.3 is 0 Å². The zero-order valence-electron chi connectivity index (χ0n) is 6.63. The normalized spacial score (nSPS) is 14.6. The van der Waals surface area contributed by atoms with E-state index >= 15 is 0 Å².